The molecule has 0 fully saturated rings. The third kappa shape index (κ3) is 6.04. The van der Waals surface area contributed by atoms with Gasteiger partial charge in [-0.25, -0.2) is 9.78 Å². The van der Waals surface area contributed by atoms with Crippen molar-refractivity contribution in [2.45, 2.75) is 46.6 Å². The standard InChI is InChI=1S/C19H28N4O2S2/c1-6-20-19(21-11-12(3)15-9-8-10-26-15)23-14(5)17-22-13(4)16(27-17)18(24)25-7-2/h8-10,12,14H,6-7,11H2,1-5H3,(H2,20,21,23). The number of aliphatic imine (C=N–C) groups is 1. The number of nitrogens with zero attached hydrogens (tertiary/aromatic N) is 2. The van der Waals surface area contributed by atoms with E-state index in [1.54, 1.807) is 18.3 Å². The van der Waals surface area contributed by atoms with E-state index in [1.165, 1.54) is 16.2 Å². The van der Waals surface area contributed by atoms with Crippen molar-refractivity contribution in [1.29, 1.82) is 0 Å². The van der Waals surface area contributed by atoms with Gasteiger partial charge in [0.15, 0.2) is 5.96 Å². The van der Waals surface area contributed by atoms with Crippen LogP contribution in [0, 0.1) is 6.92 Å². The van der Waals surface area contributed by atoms with Gasteiger partial charge in [0.1, 0.15) is 9.88 Å². The average Bonchev–Trinajstić information content (AvgIpc) is 3.29. The molecule has 2 N–H and O–H groups in total. The summed E-state index contributed by atoms with van der Waals surface area (Å²) in [7, 11) is 0. The number of guanidine groups is 1. The van der Waals surface area contributed by atoms with Crippen molar-refractivity contribution < 1.29 is 9.53 Å². The number of hydrogen-bond donors (Lipinski definition) is 2. The van der Waals surface area contributed by atoms with Crippen LogP contribution in [0.15, 0.2) is 22.5 Å². The first-order valence-electron chi connectivity index (χ1n) is 9.18. The maximum Gasteiger partial charge on any atom is 0.350 e. The molecule has 27 heavy (non-hydrogen) atoms. The first-order valence-corrected chi connectivity index (χ1v) is 10.9. The van der Waals surface area contributed by atoms with Gasteiger partial charge in [0, 0.05) is 17.3 Å². The zero-order valence-electron chi connectivity index (χ0n) is 16.5. The molecule has 0 bridgehead atoms. The third-order valence-corrected chi connectivity index (χ3v) is 6.32. The first-order chi connectivity index (χ1) is 13.0. The minimum Gasteiger partial charge on any atom is -0.462 e. The molecule has 2 rings (SSSR count). The van der Waals surface area contributed by atoms with Crippen LogP contribution in [0.25, 0.3) is 0 Å². The zero-order chi connectivity index (χ0) is 19.8. The Morgan fingerprint density at radius 3 is 2.78 bits per heavy atom. The molecule has 2 aromatic heterocycles. The number of rotatable bonds is 8. The Hall–Kier alpha value is -1.93. The molecule has 0 spiro atoms. The van der Waals surface area contributed by atoms with Crippen LogP contribution < -0.4 is 10.6 Å². The number of carbonyl (C=O) groups excluding carboxylic acids is 1. The normalized spacial score (nSPS) is 13.9. The molecule has 0 saturated heterocycles. The minimum absolute atomic E-state index is 0.0632. The second-order valence-corrected chi connectivity index (χ2v) is 8.20. The van der Waals surface area contributed by atoms with E-state index in [4.69, 9.17) is 9.73 Å². The van der Waals surface area contributed by atoms with Gasteiger partial charge in [-0.15, -0.1) is 22.7 Å². The summed E-state index contributed by atoms with van der Waals surface area (Å²) in [5, 5.41) is 9.59. The number of thiazole rings is 1. The zero-order valence-corrected chi connectivity index (χ0v) is 18.2. The van der Waals surface area contributed by atoms with Crippen LogP contribution in [0.5, 0.6) is 0 Å². The van der Waals surface area contributed by atoms with Gasteiger partial charge < -0.3 is 15.4 Å². The molecule has 6 nitrogen and oxygen atoms in total. The minimum atomic E-state index is -0.309. The molecule has 2 heterocycles. The number of nitrogens with one attached hydrogen (secondary N) is 2. The molecule has 148 valence electrons. The molecule has 8 heteroatoms. The summed E-state index contributed by atoms with van der Waals surface area (Å²) in [6.45, 7) is 11.7. The van der Waals surface area contributed by atoms with Crippen molar-refractivity contribution in [2.75, 3.05) is 19.7 Å². The molecule has 2 aromatic rings. The molecule has 0 aliphatic carbocycles. The number of aromatic nitrogens is 1. The SMILES string of the molecule is CCNC(=NCC(C)c1cccs1)NC(C)c1nc(C)c(C(=O)OCC)s1. The van der Waals surface area contributed by atoms with Gasteiger partial charge in [0.2, 0.25) is 0 Å². The van der Waals surface area contributed by atoms with Gasteiger partial charge in [-0.1, -0.05) is 13.0 Å². The van der Waals surface area contributed by atoms with Crippen LogP contribution in [0.1, 0.15) is 64.9 Å². The maximum absolute atomic E-state index is 12.0. The molecule has 0 saturated carbocycles. The van der Waals surface area contributed by atoms with Gasteiger partial charge in [-0.2, -0.15) is 0 Å². The van der Waals surface area contributed by atoms with Crippen molar-refractivity contribution in [1.82, 2.24) is 15.6 Å². The Kier molecular flexibility index (Phi) is 8.24. The molecule has 0 amide bonds. The van der Waals surface area contributed by atoms with Crippen molar-refractivity contribution in [3.63, 3.8) is 0 Å². The Morgan fingerprint density at radius 1 is 1.37 bits per heavy atom. The van der Waals surface area contributed by atoms with E-state index in [9.17, 15) is 4.79 Å². The Labute approximate surface area is 169 Å². The molecule has 0 aliphatic heterocycles. The predicted molar refractivity (Wildman–Crippen MR) is 113 cm³/mol. The monoisotopic (exact) mass is 408 g/mol. The summed E-state index contributed by atoms with van der Waals surface area (Å²) in [6, 6.07) is 4.15. The molecule has 2 unspecified atom stereocenters. The molecular weight excluding hydrogens is 380 g/mol. The lowest BCUT2D eigenvalue weighted by molar-refractivity contribution is 0.0531. The van der Waals surface area contributed by atoms with E-state index in [0.717, 1.165) is 17.5 Å². The first kappa shape index (κ1) is 21.4. The second-order valence-electron chi connectivity index (χ2n) is 6.19. The smallest absolute Gasteiger partial charge is 0.350 e. The van der Waals surface area contributed by atoms with Gasteiger partial charge >= 0.3 is 5.97 Å². The van der Waals surface area contributed by atoms with Gasteiger partial charge in [0.05, 0.1) is 24.9 Å². The predicted octanol–water partition coefficient (Wildman–Crippen LogP) is 4.11. The van der Waals surface area contributed by atoms with E-state index >= 15 is 0 Å². The fraction of sp³-hybridized carbons (Fsp3) is 0.526. The Morgan fingerprint density at radius 2 is 2.15 bits per heavy atom. The number of aryl methyl sites for hydroxylation is 1. The van der Waals surface area contributed by atoms with Crippen LogP contribution in [0.3, 0.4) is 0 Å². The van der Waals surface area contributed by atoms with Crippen molar-refractivity contribution in [2.24, 2.45) is 4.99 Å². The summed E-state index contributed by atoms with van der Waals surface area (Å²) < 4.78 is 5.10. The van der Waals surface area contributed by atoms with Crippen LogP contribution in [-0.4, -0.2) is 36.6 Å². The quantitative estimate of drug-likeness (QED) is 0.391. The van der Waals surface area contributed by atoms with Crippen LogP contribution in [-0.2, 0) is 4.74 Å². The maximum atomic E-state index is 12.0. The number of hydrogen-bond acceptors (Lipinski definition) is 6. The van der Waals surface area contributed by atoms with Crippen LogP contribution in [0.2, 0.25) is 0 Å². The lowest BCUT2D eigenvalue weighted by atomic mass is 10.1. The lowest BCUT2D eigenvalue weighted by Gasteiger charge is -2.17. The van der Waals surface area contributed by atoms with Crippen molar-refractivity contribution in [3.05, 3.63) is 38.0 Å². The summed E-state index contributed by atoms with van der Waals surface area (Å²) in [4.78, 5) is 23.2. The van der Waals surface area contributed by atoms with Gasteiger partial charge in [-0.3, -0.25) is 4.99 Å². The summed E-state index contributed by atoms with van der Waals surface area (Å²) in [5.41, 5.74) is 0.704. The summed E-state index contributed by atoms with van der Waals surface area (Å²) >= 11 is 3.12. The fourth-order valence-electron chi connectivity index (χ4n) is 2.47. The van der Waals surface area contributed by atoms with E-state index in [2.05, 4.69) is 40.1 Å². The number of esters is 1. The van der Waals surface area contributed by atoms with E-state index < -0.39 is 0 Å². The van der Waals surface area contributed by atoms with Crippen molar-refractivity contribution in [3.8, 4) is 0 Å². The van der Waals surface area contributed by atoms with Crippen LogP contribution in [0.4, 0.5) is 0 Å². The Bertz CT molecular complexity index is 756. The molecule has 0 aromatic carbocycles. The Balaban J connectivity index is 2.05. The lowest BCUT2D eigenvalue weighted by Crippen LogP contribution is -2.39. The van der Waals surface area contributed by atoms with Gasteiger partial charge in [0.25, 0.3) is 0 Å². The van der Waals surface area contributed by atoms with Crippen molar-refractivity contribution >= 4 is 34.6 Å². The highest BCUT2D eigenvalue weighted by molar-refractivity contribution is 7.13. The molecule has 0 aliphatic rings. The highest BCUT2D eigenvalue weighted by atomic mass is 32.1. The number of carbonyl (C=O) groups is 1. The summed E-state index contributed by atoms with van der Waals surface area (Å²) in [6.07, 6.45) is 0. The summed E-state index contributed by atoms with van der Waals surface area (Å²) in [5.74, 6) is 0.809. The topological polar surface area (TPSA) is 75.6 Å². The number of ether oxygens (including phenoxy) is 1. The van der Waals surface area contributed by atoms with E-state index in [1.807, 2.05) is 20.8 Å². The average molecular weight is 409 g/mol. The molecule has 0 radical (unpaired) electrons. The fourth-order valence-corrected chi connectivity index (χ4v) is 4.21. The molecule has 2 atom stereocenters. The highest BCUT2D eigenvalue weighted by Gasteiger charge is 2.20. The second kappa shape index (κ2) is 10.4. The van der Waals surface area contributed by atoms with Gasteiger partial charge in [-0.05, 0) is 39.1 Å². The van der Waals surface area contributed by atoms with E-state index in [-0.39, 0.29) is 12.0 Å². The number of thiophene rings is 1. The largest absolute Gasteiger partial charge is 0.462 e. The highest BCUT2D eigenvalue weighted by Crippen LogP contribution is 2.24. The van der Waals surface area contributed by atoms with Crippen LogP contribution >= 0.6 is 22.7 Å². The third-order valence-electron chi connectivity index (χ3n) is 3.89. The molecular formula is C19H28N4O2S2. The van der Waals surface area contributed by atoms with E-state index in [0.29, 0.717) is 29.6 Å².